The summed E-state index contributed by atoms with van der Waals surface area (Å²) in [4.78, 5) is 3.36. The molecule has 9 heteroatoms. The smallest absolute Gasteiger partial charge is 0.434 e. The fraction of sp³-hybridized carbons (Fsp3) is 0.500. The van der Waals surface area contributed by atoms with Gasteiger partial charge in [0.25, 0.3) is 6.10 Å². The summed E-state index contributed by atoms with van der Waals surface area (Å²) in [7, 11) is 0. The molecule has 0 aromatic carbocycles. The van der Waals surface area contributed by atoms with Crippen LogP contribution in [0.1, 0.15) is 18.5 Å². The molecule has 0 aliphatic rings. The van der Waals surface area contributed by atoms with E-state index in [1.54, 1.807) is 6.92 Å². The van der Waals surface area contributed by atoms with Crippen molar-refractivity contribution in [2.24, 2.45) is 5.73 Å². The Morgan fingerprint density at radius 3 is 1.95 bits per heavy atom. The van der Waals surface area contributed by atoms with Crippen molar-refractivity contribution in [1.82, 2.24) is 4.98 Å². The number of ether oxygens (including phenoxy) is 1. The first kappa shape index (κ1) is 15.5. The second kappa shape index (κ2) is 5.24. The molecule has 1 atom stereocenters. The third-order valence-electron chi connectivity index (χ3n) is 2.12. The molecule has 0 unspecified atom stereocenters. The Labute approximate surface area is 104 Å². The number of nitrogens with zero attached hydrogens (tertiary/aromatic N) is 1. The average molecular weight is 288 g/mol. The molecular formula is C10H10F6N2O. The van der Waals surface area contributed by atoms with Crippen LogP contribution in [0.4, 0.5) is 26.3 Å². The topological polar surface area (TPSA) is 48.1 Å². The fourth-order valence-corrected chi connectivity index (χ4v) is 1.17. The molecule has 0 bridgehead atoms. The zero-order valence-electron chi connectivity index (χ0n) is 9.59. The molecular weight excluding hydrogens is 278 g/mol. The second-order valence-corrected chi connectivity index (χ2v) is 3.80. The molecule has 0 saturated heterocycles. The Bertz CT molecular complexity index is 398. The standard InChI is InChI=1S/C10H10F6N2O/c1-5(17)6-2-3-7(18-4-6)19-8(9(11,12)13)10(14,15)16/h2-5,8H,17H2,1H3/t5-/m1/s1. The van der Waals surface area contributed by atoms with Gasteiger partial charge in [-0.25, -0.2) is 4.98 Å². The molecule has 0 fully saturated rings. The lowest BCUT2D eigenvalue weighted by Crippen LogP contribution is -2.46. The molecule has 0 spiro atoms. The van der Waals surface area contributed by atoms with Crippen LogP contribution in [0.25, 0.3) is 0 Å². The molecule has 0 aliphatic heterocycles. The molecule has 3 nitrogen and oxygen atoms in total. The van der Waals surface area contributed by atoms with Gasteiger partial charge in [0.1, 0.15) is 0 Å². The Morgan fingerprint density at radius 1 is 1.11 bits per heavy atom. The average Bonchev–Trinajstić information content (AvgIpc) is 2.23. The van der Waals surface area contributed by atoms with Crippen LogP contribution < -0.4 is 10.5 Å². The van der Waals surface area contributed by atoms with Gasteiger partial charge in [0, 0.05) is 18.3 Å². The summed E-state index contributed by atoms with van der Waals surface area (Å²) in [6.45, 7) is 1.59. The summed E-state index contributed by atoms with van der Waals surface area (Å²) in [5, 5.41) is 0. The second-order valence-electron chi connectivity index (χ2n) is 3.80. The van der Waals surface area contributed by atoms with Gasteiger partial charge >= 0.3 is 12.4 Å². The van der Waals surface area contributed by atoms with Crippen molar-refractivity contribution >= 4 is 0 Å². The van der Waals surface area contributed by atoms with Crippen LogP contribution >= 0.6 is 0 Å². The van der Waals surface area contributed by atoms with Gasteiger partial charge < -0.3 is 10.5 Å². The van der Waals surface area contributed by atoms with Gasteiger partial charge in [0.15, 0.2) is 0 Å². The maximum atomic E-state index is 12.2. The van der Waals surface area contributed by atoms with Crippen molar-refractivity contribution < 1.29 is 31.1 Å². The number of hydrogen-bond donors (Lipinski definition) is 1. The molecule has 0 saturated carbocycles. The predicted octanol–water partition coefficient (Wildman–Crippen LogP) is 2.97. The van der Waals surface area contributed by atoms with E-state index in [-0.39, 0.29) is 0 Å². The summed E-state index contributed by atoms with van der Waals surface area (Å²) in [6, 6.07) is 1.71. The van der Waals surface area contributed by atoms with Crippen molar-refractivity contribution in [1.29, 1.82) is 0 Å². The molecule has 0 amide bonds. The number of halogens is 6. The van der Waals surface area contributed by atoms with E-state index in [0.29, 0.717) is 5.56 Å². The molecule has 1 rings (SSSR count). The first-order valence-electron chi connectivity index (χ1n) is 5.03. The summed E-state index contributed by atoms with van der Waals surface area (Å²) >= 11 is 0. The first-order chi connectivity index (χ1) is 8.51. The molecule has 2 N–H and O–H groups in total. The minimum Gasteiger partial charge on any atom is -0.455 e. The van der Waals surface area contributed by atoms with Gasteiger partial charge in [-0.1, -0.05) is 6.07 Å². The number of hydrogen-bond acceptors (Lipinski definition) is 3. The van der Waals surface area contributed by atoms with Gasteiger partial charge in [-0.15, -0.1) is 0 Å². The van der Waals surface area contributed by atoms with E-state index in [4.69, 9.17) is 5.73 Å². The SMILES string of the molecule is C[C@@H](N)c1ccc(OC(C(F)(F)F)C(F)(F)F)nc1. The minimum atomic E-state index is -5.57. The van der Waals surface area contributed by atoms with E-state index in [0.717, 1.165) is 12.3 Å². The van der Waals surface area contributed by atoms with Gasteiger partial charge in [0.2, 0.25) is 5.88 Å². The predicted molar refractivity (Wildman–Crippen MR) is 53.4 cm³/mol. The number of rotatable bonds is 3. The molecule has 1 aromatic rings. The lowest BCUT2D eigenvalue weighted by atomic mass is 10.2. The number of pyridine rings is 1. The highest BCUT2D eigenvalue weighted by molar-refractivity contribution is 5.20. The third-order valence-corrected chi connectivity index (χ3v) is 2.12. The van der Waals surface area contributed by atoms with E-state index in [1.807, 2.05) is 0 Å². The van der Waals surface area contributed by atoms with Crippen LogP contribution in [0, 0.1) is 0 Å². The van der Waals surface area contributed by atoms with Crippen LogP contribution in [0.2, 0.25) is 0 Å². The van der Waals surface area contributed by atoms with Crippen molar-refractivity contribution in [2.75, 3.05) is 0 Å². The number of alkyl halides is 6. The van der Waals surface area contributed by atoms with Crippen LogP contribution in [0.3, 0.4) is 0 Å². The van der Waals surface area contributed by atoms with E-state index < -0.39 is 30.4 Å². The maximum Gasteiger partial charge on any atom is 0.434 e. The Hall–Kier alpha value is -1.51. The van der Waals surface area contributed by atoms with Gasteiger partial charge in [0.05, 0.1) is 0 Å². The molecule has 1 aromatic heterocycles. The highest BCUT2D eigenvalue weighted by Gasteiger charge is 2.59. The number of nitrogens with two attached hydrogens (primary N) is 1. The summed E-state index contributed by atoms with van der Waals surface area (Å²) in [5.74, 6) is -0.774. The van der Waals surface area contributed by atoms with Gasteiger partial charge in [-0.2, -0.15) is 26.3 Å². The van der Waals surface area contributed by atoms with Crippen molar-refractivity contribution in [3.63, 3.8) is 0 Å². The van der Waals surface area contributed by atoms with Crippen molar-refractivity contribution in [2.45, 2.75) is 31.4 Å². The fourth-order valence-electron chi connectivity index (χ4n) is 1.17. The highest BCUT2D eigenvalue weighted by atomic mass is 19.4. The largest absolute Gasteiger partial charge is 0.455 e. The van der Waals surface area contributed by atoms with E-state index in [2.05, 4.69) is 9.72 Å². The lowest BCUT2D eigenvalue weighted by Gasteiger charge is -2.23. The molecule has 19 heavy (non-hydrogen) atoms. The summed E-state index contributed by atoms with van der Waals surface area (Å²) in [6.07, 6.45) is -14.0. The Kier molecular flexibility index (Phi) is 4.28. The molecule has 108 valence electrons. The summed E-state index contributed by atoms with van der Waals surface area (Å²) < 4.78 is 77.2. The maximum absolute atomic E-state index is 12.2. The van der Waals surface area contributed by atoms with E-state index in [9.17, 15) is 26.3 Å². The Balaban J connectivity index is 2.92. The van der Waals surface area contributed by atoms with Gasteiger partial charge in [-0.05, 0) is 12.5 Å². The normalized spacial score (nSPS) is 14.6. The zero-order valence-corrected chi connectivity index (χ0v) is 9.59. The van der Waals surface area contributed by atoms with Crippen molar-refractivity contribution in [3.8, 4) is 5.88 Å². The third kappa shape index (κ3) is 4.27. The van der Waals surface area contributed by atoms with Gasteiger partial charge in [-0.3, -0.25) is 0 Å². The van der Waals surface area contributed by atoms with Crippen LogP contribution in [-0.4, -0.2) is 23.4 Å². The number of aromatic nitrogens is 1. The van der Waals surface area contributed by atoms with Crippen LogP contribution in [-0.2, 0) is 0 Å². The summed E-state index contributed by atoms with van der Waals surface area (Å²) in [5.41, 5.74) is 5.92. The lowest BCUT2D eigenvalue weighted by molar-refractivity contribution is -0.300. The first-order valence-corrected chi connectivity index (χ1v) is 5.03. The molecule has 0 radical (unpaired) electrons. The quantitative estimate of drug-likeness (QED) is 0.870. The molecule has 0 aliphatic carbocycles. The van der Waals surface area contributed by atoms with Crippen LogP contribution in [0.5, 0.6) is 5.88 Å². The molecule has 1 heterocycles. The zero-order chi connectivity index (χ0) is 14.8. The van der Waals surface area contributed by atoms with E-state index >= 15 is 0 Å². The highest BCUT2D eigenvalue weighted by Crippen LogP contribution is 2.36. The Morgan fingerprint density at radius 2 is 1.63 bits per heavy atom. The van der Waals surface area contributed by atoms with Crippen LogP contribution in [0.15, 0.2) is 18.3 Å². The van der Waals surface area contributed by atoms with E-state index in [1.165, 1.54) is 6.07 Å². The monoisotopic (exact) mass is 288 g/mol. The minimum absolute atomic E-state index is 0.442. The van der Waals surface area contributed by atoms with Crippen molar-refractivity contribution in [3.05, 3.63) is 23.9 Å².